The van der Waals surface area contributed by atoms with E-state index in [2.05, 4.69) is 9.97 Å². The molecule has 5 nitrogen and oxygen atoms in total. The van der Waals surface area contributed by atoms with Gasteiger partial charge in [-0.25, -0.2) is 14.4 Å². The molecule has 9 heteroatoms. The normalized spacial score (nSPS) is 15.3. The zero-order valence-corrected chi connectivity index (χ0v) is 13.9. The van der Waals surface area contributed by atoms with Crippen LogP contribution in [-0.2, 0) is 6.18 Å². The van der Waals surface area contributed by atoms with Gasteiger partial charge in [0.25, 0.3) is 5.91 Å². The van der Waals surface area contributed by atoms with E-state index in [0.29, 0.717) is 37.6 Å². The standard InChI is InChI=1S/C17H16F4N4O/c1-11-8-13(18)10-23-15(11)16(26)25-6-4-24(5-7-25)14-3-2-12(9-22-14)17(19,20)21/h2-3,8-10H,4-7H2,1H3. The first-order valence-corrected chi connectivity index (χ1v) is 7.95. The van der Waals surface area contributed by atoms with Crippen molar-refractivity contribution in [3.63, 3.8) is 0 Å². The Morgan fingerprint density at radius 3 is 2.31 bits per heavy atom. The van der Waals surface area contributed by atoms with Crippen LogP contribution < -0.4 is 4.90 Å². The zero-order valence-electron chi connectivity index (χ0n) is 13.9. The summed E-state index contributed by atoms with van der Waals surface area (Å²) in [5, 5.41) is 0. The summed E-state index contributed by atoms with van der Waals surface area (Å²) in [6.07, 6.45) is -2.61. The molecule has 3 rings (SSSR count). The van der Waals surface area contributed by atoms with E-state index in [9.17, 15) is 22.4 Å². The molecule has 0 atom stereocenters. The van der Waals surface area contributed by atoms with Gasteiger partial charge in [-0.2, -0.15) is 13.2 Å². The van der Waals surface area contributed by atoms with E-state index in [4.69, 9.17) is 0 Å². The average molecular weight is 368 g/mol. The molecular formula is C17H16F4N4O. The third-order valence-corrected chi connectivity index (χ3v) is 4.21. The van der Waals surface area contributed by atoms with Crippen LogP contribution in [0.5, 0.6) is 0 Å². The summed E-state index contributed by atoms with van der Waals surface area (Å²) in [5.74, 6) is -0.360. The summed E-state index contributed by atoms with van der Waals surface area (Å²) in [5.41, 5.74) is -0.137. The Bertz CT molecular complexity index is 799. The first kappa shape index (κ1) is 18.1. The molecule has 0 aromatic carbocycles. The number of carbonyl (C=O) groups is 1. The molecule has 0 bridgehead atoms. The molecule has 26 heavy (non-hydrogen) atoms. The Kier molecular flexibility index (Phi) is 4.80. The number of pyridine rings is 2. The molecule has 0 saturated carbocycles. The highest BCUT2D eigenvalue weighted by atomic mass is 19.4. The molecule has 0 radical (unpaired) electrons. The maximum atomic E-state index is 13.1. The zero-order chi connectivity index (χ0) is 18.9. The third-order valence-electron chi connectivity index (χ3n) is 4.21. The minimum Gasteiger partial charge on any atom is -0.353 e. The van der Waals surface area contributed by atoms with E-state index < -0.39 is 17.6 Å². The highest BCUT2D eigenvalue weighted by molar-refractivity contribution is 5.93. The summed E-state index contributed by atoms with van der Waals surface area (Å²) >= 11 is 0. The molecule has 138 valence electrons. The smallest absolute Gasteiger partial charge is 0.353 e. The SMILES string of the molecule is Cc1cc(F)cnc1C(=O)N1CCN(c2ccc(C(F)(F)F)cn2)CC1. The van der Waals surface area contributed by atoms with Crippen LogP contribution in [0, 0.1) is 12.7 Å². The third kappa shape index (κ3) is 3.76. The predicted octanol–water partition coefficient (Wildman–Crippen LogP) is 2.91. The molecular weight excluding hydrogens is 352 g/mol. The quantitative estimate of drug-likeness (QED) is 0.765. The molecule has 0 N–H and O–H groups in total. The van der Waals surface area contributed by atoms with Crippen LogP contribution in [0.15, 0.2) is 30.6 Å². The Balaban J connectivity index is 1.64. The van der Waals surface area contributed by atoms with Crippen LogP contribution in [0.2, 0.25) is 0 Å². The van der Waals surface area contributed by atoms with Crippen LogP contribution in [0.1, 0.15) is 21.6 Å². The highest BCUT2D eigenvalue weighted by Gasteiger charge is 2.31. The fraction of sp³-hybridized carbons (Fsp3) is 0.353. The lowest BCUT2D eigenvalue weighted by Gasteiger charge is -2.35. The lowest BCUT2D eigenvalue weighted by molar-refractivity contribution is -0.137. The number of carbonyl (C=O) groups excluding carboxylic acids is 1. The summed E-state index contributed by atoms with van der Waals surface area (Å²) < 4.78 is 50.9. The van der Waals surface area contributed by atoms with Crippen molar-refractivity contribution in [2.75, 3.05) is 31.1 Å². The fourth-order valence-corrected chi connectivity index (χ4v) is 2.79. The number of aryl methyl sites for hydroxylation is 1. The Morgan fingerprint density at radius 1 is 1.08 bits per heavy atom. The molecule has 0 unspecified atom stereocenters. The topological polar surface area (TPSA) is 49.3 Å². The second kappa shape index (κ2) is 6.89. The maximum absolute atomic E-state index is 13.1. The number of hydrogen-bond acceptors (Lipinski definition) is 4. The van der Waals surface area contributed by atoms with Gasteiger partial charge in [0, 0.05) is 32.4 Å². The molecule has 1 saturated heterocycles. The largest absolute Gasteiger partial charge is 0.417 e. The number of piperazine rings is 1. The van der Waals surface area contributed by atoms with Crippen molar-refractivity contribution in [2.24, 2.45) is 0 Å². The number of aromatic nitrogens is 2. The number of amides is 1. The number of rotatable bonds is 2. The summed E-state index contributed by atoms with van der Waals surface area (Å²) in [4.78, 5) is 23.7. The Morgan fingerprint density at radius 2 is 1.77 bits per heavy atom. The molecule has 2 aromatic heterocycles. The summed E-state index contributed by atoms with van der Waals surface area (Å²) in [6, 6.07) is 3.57. The average Bonchev–Trinajstić information content (AvgIpc) is 2.61. The van der Waals surface area contributed by atoms with Crippen LogP contribution in [0.25, 0.3) is 0 Å². The summed E-state index contributed by atoms with van der Waals surface area (Å²) in [6.45, 7) is 3.24. The van der Waals surface area contributed by atoms with E-state index >= 15 is 0 Å². The van der Waals surface area contributed by atoms with E-state index in [-0.39, 0.29) is 11.6 Å². The predicted molar refractivity (Wildman–Crippen MR) is 86.3 cm³/mol. The molecule has 3 heterocycles. The van der Waals surface area contributed by atoms with E-state index in [1.54, 1.807) is 11.8 Å². The van der Waals surface area contributed by atoms with Gasteiger partial charge in [-0.15, -0.1) is 0 Å². The van der Waals surface area contributed by atoms with Crippen LogP contribution in [0.3, 0.4) is 0 Å². The van der Waals surface area contributed by atoms with Crippen molar-refractivity contribution < 1.29 is 22.4 Å². The minimum atomic E-state index is -4.42. The van der Waals surface area contributed by atoms with Gasteiger partial charge in [0.05, 0.1) is 11.8 Å². The lowest BCUT2D eigenvalue weighted by atomic mass is 10.2. The van der Waals surface area contributed by atoms with Gasteiger partial charge in [-0.05, 0) is 30.7 Å². The van der Waals surface area contributed by atoms with Crippen molar-refractivity contribution >= 4 is 11.7 Å². The van der Waals surface area contributed by atoms with Crippen LogP contribution in [0.4, 0.5) is 23.4 Å². The maximum Gasteiger partial charge on any atom is 0.417 e. The monoisotopic (exact) mass is 368 g/mol. The van der Waals surface area contributed by atoms with Gasteiger partial charge in [0.2, 0.25) is 0 Å². The molecule has 1 amide bonds. The highest BCUT2D eigenvalue weighted by Crippen LogP contribution is 2.29. The lowest BCUT2D eigenvalue weighted by Crippen LogP contribution is -2.49. The Labute approximate surface area is 147 Å². The molecule has 1 fully saturated rings. The first-order chi connectivity index (χ1) is 12.3. The first-order valence-electron chi connectivity index (χ1n) is 7.95. The molecule has 0 aliphatic carbocycles. The van der Waals surface area contributed by atoms with Gasteiger partial charge in [-0.1, -0.05) is 0 Å². The number of halogens is 4. The van der Waals surface area contributed by atoms with Gasteiger partial charge in [-0.3, -0.25) is 4.79 Å². The van der Waals surface area contributed by atoms with Crippen molar-refractivity contribution in [3.8, 4) is 0 Å². The molecule has 1 aliphatic rings. The van der Waals surface area contributed by atoms with Gasteiger partial charge >= 0.3 is 6.18 Å². The van der Waals surface area contributed by atoms with Crippen molar-refractivity contribution in [3.05, 3.63) is 53.2 Å². The van der Waals surface area contributed by atoms with Crippen molar-refractivity contribution in [1.82, 2.24) is 14.9 Å². The Hall–Kier alpha value is -2.71. The second-order valence-electron chi connectivity index (χ2n) is 6.00. The van der Waals surface area contributed by atoms with Crippen LogP contribution >= 0.6 is 0 Å². The number of anilines is 1. The molecule has 0 spiro atoms. The van der Waals surface area contributed by atoms with E-state index in [0.717, 1.165) is 18.5 Å². The summed E-state index contributed by atoms with van der Waals surface area (Å²) in [7, 11) is 0. The number of hydrogen-bond donors (Lipinski definition) is 0. The van der Waals surface area contributed by atoms with Gasteiger partial charge in [0.1, 0.15) is 17.3 Å². The fourth-order valence-electron chi connectivity index (χ4n) is 2.79. The van der Waals surface area contributed by atoms with Crippen molar-refractivity contribution in [2.45, 2.75) is 13.1 Å². The molecule has 2 aromatic rings. The minimum absolute atomic E-state index is 0.201. The van der Waals surface area contributed by atoms with E-state index in [1.807, 2.05) is 4.90 Å². The number of nitrogens with zero attached hydrogens (tertiary/aromatic N) is 4. The second-order valence-corrected chi connectivity index (χ2v) is 6.00. The number of alkyl halides is 3. The van der Waals surface area contributed by atoms with Gasteiger partial charge < -0.3 is 9.80 Å². The molecule has 1 aliphatic heterocycles. The van der Waals surface area contributed by atoms with E-state index in [1.165, 1.54) is 12.1 Å². The van der Waals surface area contributed by atoms with Gasteiger partial charge in [0.15, 0.2) is 0 Å². The van der Waals surface area contributed by atoms with Crippen molar-refractivity contribution in [1.29, 1.82) is 0 Å². The van der Waals surface area contributed by atoms with Crippen LogP contribution in [-0.4, -0.2) is 47.0 Å².